The number of rotatable bonds is 14. The van der Waals surface area contributed by atoms with Gasteiger partial charge in [-0.1, -0.05) is 58.4 Å². The van der Waals surface area contributed by atoms with Crippen molar-refractivity contribution >= 4 is 24.1 Å². The van der Waals surface area contributed by atoms with Gasteiger partial charge in [-0.3, -0.25) is 9.79 Å². The highest BCUT2D eigenvalue weighted by Gasteiger charge is 2.20. The number of carbonyl (C=O) groups excluding carboxylic acids is 1. The number of thiol groups is 1. The monoisotopic (exact) mass is 435 g/mol. The highest BCUT2D eigenvalue weighted by molar-refractivity contribution is 7.83. The number of Topliss-reactive ketones (excluding diaryl/α,β-unsaturated/α-hetero) is 1. The van der Waals surface area contributed by atoms with E-state index in [9.17, 15) is 4.79 Å². The summed E-state index contributed by atoms with van der Waals surface area (Å²) in [4.78, 5) is 16.9. The highest BCUT2D eigenvalue weighted by Crippen LogP contribution is 2.31. The molecule has 0 amide bonds. The number of ether oxygens (including phenoxy) is 1. The van der Waals surface area contributed by atoms with Gasteiger partial charge in [-0.2, -0.15) is 0 Å². The lowest BCUT2D eigenvalue weighted by atomic mass is 9.81. The van der Waals surface area contributed by atoms with Crippen molar-refractivity contribution in [1.82, 2.24) is 0 Å². The Balaban J connectivity index is 2.45. The fourth-order valence-corrected chi connectivity index (χ4v) is 4.61. The maximum absolute atomic E-state index is 12.1. The predicted molar refractivity (Wildman–Crippen MR) is 133 cm³/mol. The summed E-state index contributed by atoms with van der Waals surface area (Å²) in [6, 6.07) is 0. The minimum atomic E-state index is 0.471. The molecule has 1 fully saturated rings. The van der Waals surface area contributed by atoms with E-state index in [1.165, 1.54) is 69.9 Å². The summed E-state index contributed by atoms with van der Waals surface area (Å²) in [7, 11) is 0. The van der Waals surface area contributed by atoms with Gasteiger partial charge in [0.25, 0.3) is 0 Å². The van der Waals surface area contributed by atoms with Crippen molar-refractivity contribution in [2.24, 2.45) is 16.8 Å². The molecule has 1 aliphatic carbocycles. The van der Waals surface area contributed by atoms with Crippen LogP contribution in [0.3, 0.4) is 0 Å². The summed E-state index contributed by atoms with van der Waals surface area (Å²) in [6.07, 6.45) is 16.1. The van der Waals surface area contributed by atoms with E-state index in [2.05, 4.69) is 33.1 Å². The lowest BCUT2D eigenvalue weighted by Gasteiger charge is -2.25. The van der Waals surface area contributed by atoms with Crippen molar-refractivity contribution in [2.45, 2.75) is 111 Å². The van der Waals surface area contributed by atoms with Gasteiger partial charge >= 0.3 is 0 Å². The first-order valence-corrected chi connectivity index (χ1v) is 12.8. The topological polar surface area (TPSA) is 38.7 Å². The van der Waals surface area contributed by atoms with Crippen molar-refractivity contribution in [2.75, 3.05) is 6.61 Å². The average molecular weight is 436 g/mol. The predicted octanol–water partition coefficient (Wildman–Crippen LogP) is 8.07. The molecule has 0 aromatic heterocycles. The Morgan fingerprint density at radius 3 is 2.50 bits per heavy atom. The first kappa shape index (κ1) is 27.0. The molecule has 0 bridgehead atoms. The molecular formula is C26H45NO2S. The standard InChI is InChI=1S/C26H45NO2S/c1-5-7-8-9-16-25(28)17-12-14-23-13-10-11-15-24(19-18-23)21(3)27-26(20-30)22(4)29-6-2/h20,23-24,30H,4-19H2,1-3H3/b26-20-,27-21?. The van der Waals surface area contributed by atoms with Gasteiger partial charge in [0.05, 0.1) is 6.61 Å². The van der Waals surface area contributed by atoms with E-state index in [1.54, 1.807) is 5.41 Å². The van der Waals surface area contributed by atoms with Crippen LogP contribution in [0.4, 0.5) is 0 Å². The maximum atomic E-state index is 12.1. The molecule has 1 saturated carbocycles. The summed E-state index contributed by atoms with van der Waals surface area (Å²) in [6.45, 7) is 10.8. The molecular weight excluding hydrogens is 390 g/mol. The molecule has 0 aromatic carbocycles. The Morgan fingerprint density at radius 2 is 1.80 bits per heavy atom. The second-order valence-electron chi connectivity index (χ2n) is 8.79. The number of ketones is 1. The summed E-state index contributed by atoms with van der Waals surface area (Å²) in [5, 5.41) is 1.69. The van der Waals surface area contributed by atoms with E-state index in [0.717, 1.165) is 37.3 Å². The van der Waals surface area contributed by atoms with E-state index in [0.29, 0.717) is 24.1 Å². The molecule has 0 N–H and O–H groups in total. The van der Waals surface area contributed by atoms with Crippen LogP contribution in [0.25, 0.3) is 0 Å². The number of hydrogen-bond acceptors (Lipinski definition) is 4. The molecule has 0 heterocycles. The molecule has 0 spiro atoms. The van der Waals surface area contributed by atoms with Gasteiger partial charge in [0.15, 0.2) is 0 Å². The summed E-state index contributed by atoms with van der Waals surface area (Å²) in [5.74, 6) is 2.34. The summed E-state index contributed by atoms with van der Waals surface area (Å²) < 4.78 is 5.50. The third kappa shape index (κ3) is 11.4. The second-order valence-corrected chi connectivity index (χ2v) is 9.05. The summed E-state index contributed by atoms with van der Waals surface area (Å²) >= 11 is 4.29. The van der Waals surface area contributed by atoms with Crippen LogP contribution in [0.2, 0.25) is 0 Å². The van der Waals surface area contributed by atoms with Crippen LogP contribution in [0.5, 0.6) is 0 Å². The van der Waals surface area contributed by atoms with Crippen LogP contribution in [0.15, 0.2) is 28.4 Å². The molecule has 30 heavy (non-hydrogen) atoms. The van der Waals surface area contributed by atoms with Crippen molar-refractivity contribution < 1.29 is 9.53 Å². The molecule has 0 aliphatic heterocycles. The smallest absolute Gasteiger partial charge is 0.138 e. The third-order valence-corrected chi connectivity index (χ3v) is 6.57. The van der Waals surface area contributed by atoms with Gasteiger partial charge in [-0.25, -0.2) is 0 Å². The van der Waals surface area contributed by atoms with Crippen LogP contribution >= 0.6 is 12.6 Å². The Bertz CT molecular complexity index is 567. The molecule has 0 aromatic rings. The quantitative estimate of drug-likeness (QED) is 0.0984. The Labute approximate surface area is 191 Å². The summed E-state index contributed by atoms with van der Waals surface area (Å²) in [5.41, 5.74) is 1.90. The fourth-order valence-electron chi connectivity index (χ4n) is 4.41. The SMILES string of the molecule is C=C(OCC)/C(=C/S)N=C(C)C1CCCCC(CCCC(=O)CCCCCC)CC1. The largest absolute Gasteiger partial charge is 0.492 e. The molecule has 172 valence electrons. The van der Waals surface area contributed by atoms with Crippen molar-refractivity contribution in [1.29, 1.82) is 0 Å². The number of unbranched alkanes of at least 4 members (excludes halogenated alkanes) is 3. The Kier molecular flexibility index (Phi) is 15.0. The normalized spacial score (nSPS) is 21.1. The zero-order valence-electron chi connectivity index (χ0n) is 19.8. The first-order valence-electron chi connectivity index (χ1n) is 12.2. The molecule has 1 rings (SSSR count). The number of nitrogens with zero attached hydrogens (tertiary/aromatic N) is 1. The van der Waals surface area contributed by atoms with Crippen molar-refractivity contribution in [3.05, 3.63) is 23.4 Å². The van der Waals surface area contributed by atoms with Crippen LogP contribution in [0.1, 0.15) is 111 Å². The van der Waals surface area contributed by atoms with Crippen molar-refractivity contribution in [3.63, 3.8) is 0 Å². The molecule has 2 unspecified atom stereocenters. The highest BCUT2D eigenvalue weighted by atomic mass is 32.1. The van der Waals surface area contributed by atoms with Gasteiger partial charge in [-0.05, 0) is 63.2 Å². The van der Waals surface area contributed by atoms with E-state index in [4.69, 9.17) is 9.73 Å². The lowest BCUT2D eigenvalue weighted by Crippen LogP contribution is -2.17. The van der Waals surface area contributed by atoms with Gasteiger partial charge in [-0.15, -0.1) is 12.6 Å². The second kappa shape index (κ2) is 16.6. The molecule has 0 radical (unpaired) electrons. The van der Waals surface area contributed by atoms with E-state index < -0.39 is 0 Å². The number of carbonyl (C=O) groups is 1. The molecule has 1 aliphatic rings. The van der Waals surface area contributed by atoms with E-state index in [-0.39, 0.29) is 0 Å². The maximum Gasteiger partial charge on any atom is 0.138 e. The van der Waals surface area contributed by atoms with E-state index >= 15 is 0 Å². The third-order valence-electron chi connectivity index (χ3n) is 6.33. The Hall–Kier alpha value is -1.03. The van der Waals surface area contributed by atoms with E-state index in [1.807, 2.05) is 6.92 Å². The van der Waals surface area contributed by atoms with Gasteiger partial charge < -0.3 is 4.74 Å². The number of aliphatic imine (C=N–C) groups is 1. The minimum absolute atomic E-state index is 0.471. The first-order chi connectivity index (χ1) is 14.5. The van der Waals surface area contributed by atoms with Crippen LogP contribution in [-0.4, -0.2) is 18.1 Å². The van der Waals surface area contributed by atoms with Crippen molar-refractivity contribution in [3.8, 4) is 0 Å². The molecule has 3 nitrogen and oxygen atoms in total. The van der Waals surface area contributed by atoms with Gasteiger partial charge in [0, 0.05) is 18.6 Å². The van der Waals surface area contributed by atoms with Crippen LogP contribution < -0.4 is 0 Å². The van der Waals surface area contributed by atoms with Crippen LogP contribution in [0, 0.1) is 11.8 Å². The minimum Gasteiger partial charge on any atom is -0.492 e. The molecule has 4 heteroatoms. The van der Waals surface area contributed by atoms with Crippen LogP contribution in [-0.2, 0) is 9.53 Å². The lowest BCUT2D eigenvalue weighted by molar-refractivity contribution is -0.119. The van der Waals surface area contributed by atoms with Gasteiger partial charge in [0.2, 0.25) is 0 Å². The number of hydrogen-bond donors (Lipinski definition) is 1. The average Bonchev–Trinajstić information content (AvgIpc) is 2.71. The molecule has 2 atom stereocenters. The molecule has 0 saturated heterocycles. The fraction of sp³-hybridized carbons (Fsp3) is 0.769. The zero-order chi connectivity index (χ0) is 22.2. The zero-order valence-corrected chi connectivity index (χ0v) is 20.7. The Morgan fingerprint density at radius 1 is 1.07 bits per heavy atom. The van der Waals surface area contributed by atoms with Gasteiger partial charge in [0.1, 0.15) is 17.2 Å².